The fourth-order valence-corrected chi connectivity index (χ4v) is 5.75. The normalized spacial score (nSPS) is 13.8. The van der Waals surface area contributed by atoms with Crippen LogP contribution >= 0.6 is 0 Å². The molecule has 1 fully saturated rings. The lowest BCUT2D eigenvalue weighted by atomic mass is 9.80. The Labute approximate surface area is 235 Å². The SMILES string of the molecule is CN(CCc1ccccc1)Cc1nnc2c3cc(-c4ccccc4)c(-c4ccc(C5CCC5)cc4)nc3ccn12. The van der Waals surface area contributed by atoms with Gasteiger partial charge in [-0.05, 0) is 61.1 Å². The Hall–Kier alpha value is -4.35. The molecule has 40 heavy (non-hydrogen) atoms. The van der Waals surface area contributed by atoms with Crippen molar-refractivity contribution >= 4 is 16.6 Å². The topological polar surface area (TPSA) is 46.3 Å². The van der Waals surface area contributed by atoms with Gasteiger partial charge < -0.3 is 0 Å². The molecule has 0 amide bonds. The van der Waals surface area contributed by atoms with Gasteiger partial charge >= 0.3 is 0 Å². The summed E-state index contributed by atoms with van der Waals surface area (Å²) in [6.45, 7) is 1.68. The van der Waals surface area contributed by atoms with Gasteiger partial charge in [0.1, 0.15) is 0 Å². The molecule has 1 saturated carbocycles. The minimum Gasteiger partial charge on any atom is -0.299 e. The number of benzene rings is 3. The van der Waals surface area contributed by atoms with E-state index in [-0.39, 0.29) is 0 Å². The first-order valence-corrected chi connectivity index (χ1v) is 14.3. The molecule has 5 nitrogen and oxygen atoms in total. The first-order chi connectivity index (χ1) is 19.7. The standard InChI is InChI=1S/C35H33N5/c1-39(21-19-25-9-4-2-5-10-25)24-33-37-38-35-31-23-30(28-11-6-3-7-12-28)34(36-32(31)20-22-40(33)35)29-17-15-27(16-18-29)26-13-8-14-26/h2-7,9-12,15-18,20,22-23,26H,8,13-14,19,21,24H2,1H3. The van der Waals surface area contributed by atoms with Crippen LogP contribution in [0.2, 0.25) is 0 Å². The first-order valence-electron chi connectivity index (χ1n) is 14.3. The van der Waals surface area contributed by atoms with Crippen LogP contribution in [0.3, 0.4) is 0 Å². The highest BCUT2D eigenvalue weighted by Gasteiger charge is 2.20. The number of likely N-dealkylation sites (N-methyl/N-ethyl adjacent to an activating group) is 1. The summed E-state index contributed by atoms with van der Waals surface area (Å²) in [6, 6.07) is 34.6. The predicted octanol–water partition coefficient (Wildman–Crippen LogP) is 7.55. The van der Waals surface area contributed by atoms with Crippen LogP contribution in [0.15, 0.2) is 103 Å². The highest BCUT2D eigenvalue weighted by Crippen LogP contribution is 2.38. The highest BCUT2D eigenvalue weighted by atomic mass is 15.3. The van der Waals surface area contributed by atoms with E-state index in [1.165, 1.54) is 30.4 Å². The lowest BCUT2D eigenvalue weighted by molar-refractivity contribution is 0.321. The Morgan fingerprint density at radius 3 is 2.30 bits per heavy atom. The molecular weight excluding hydrogens is 490 g/mol. The summed E-state index contributed by atoms with van der Waals surface area (Å²) < 4.78 is 2.12. The van der Waals surface area contributed by atoms with Crippen LogP contribution in [0.25, 0.3) is 38.9 Å². The molecule has 1 aliphatic carbocycles. The zero-order valence-corrected chi connectivity index (χ0v) is 22.9. The second-order valence-corrected chi connectivity index (χ2v) is 11.0. The molecule has 5 heteroatoms. The van der Waals surface area contributed by atoms with Crippen molar-refractivity contribution in [2.24, 2.45) is 0 Å². The van der Waals surface area contributed by atoms with Crippen LogP contribution in [0.4, 0.5) is 0 Å². The minimum atomic E-state index is 0.722. The molecule has 0 N–H and O–H groups in total. The van der Waals surface area contributed by atoms with Crippen molar-refractivity contribution in [3.05, 3.63) is 120 Å². The van der Waals surface area contributed by atoms with Gasteiger partial charge in [-0.3, -0.25) is 9.30 Å². The number of rotatable bonds is 8. The van der Waals surface area contributed by atoms with E-state index < -0.39 is 0 Å². The maximum atomic E-state index is 5.22. The molecule has 6 aromatic rings. The monoisotopic (exact) mass is 523 g/mol. The average molecular weight is 524 g/mol. The molecule has 3 aromatic carbocycles. The van der Waals surface area contributed by atoms with E-state index in [2.05, 4.69) is 130 Å². The highest BCUT2D eigenvalue weighted by molar-refractivity contribution is 5.98. The third-order valence-corrected chi connectivity index (χ3v) is 8.32. The van der Waals surface area contributed by atoms with E-state index in [0.717, 1.165) is 70.2 Å². The van der Waals surface area contributed by atoms with Crippen LogP contribution in [-0.2, 0) is 13.0 Å². The summed E-state index contributed by atoms with van der Waals surface area (Å²) in [4.78, 5) is 7.53. The van der Waals surface area contributed by atoms with Crippen LogP contribution in [0.5, 0.6) is 0 Å². The first kappa shape index (κ1) is 24.7. The molecule has 0 atom stereocenters. The van der Waals surface area contributed by atoms with Gasteiger partial charge in [0.2, 0.25) is 0 Å². The van der Waals surface area contributed by atoms with Gasteiger partial charge in [-0.1, -0.05) is 91.3 Å². The summed E-state index contributed by atoms with van der Waals surface area (Å²) in [5.41, 5.74) is 8.99. The van der Waals surface area contributed by atoms with Gasteiger partial charge in [0.15, 0.2) is 11.5 Å². The molecule has 198 valence electrons. The van der Waals surface area contributed by atoms with Crippen molar-refractivity contribution in [2.45, 2.75) is 38.1 Å². The Morgan fingerprint density at radius 1 is 0.825 bits per heavy atom. The van der Waals surface area contributed by atoms with Crippen molar-refractivity contribution in [3.63, 3.8) is 0 Å². The molecular formula is C35H33N5. The second-order valence-electron chi connectivity index (χ2n) is 11.0. The Morgan fingerprint density at radius 2 is 1.57 bits per heavy atom. The second kappa shape index (κ2) is 10.7. The Kier molecular flexibility index (Phi) is 6.58. The third-order valence-electron chi connectivity index (χ3n) is 8.32. The maximum Gasteiger partial charge on any atom is 0.170 e. The Balaban J connectivity index is 1.25. The quantitative estimate of drug-likeness (QED) is 0.207. The van der Waals surface area contributed by atoms with Gasteiger partial charge in [0, 0.05) is 29.3 Å². The van der Waals surface area contributed by atoms with E-state index in [0.29, 0.717) is 0 Å². The van der Waals surface area contributed by atoms with Gasteiger partial charge in [0.25, 0.3) is 0 Å². The molecule has 1 aliphatic rings. The van der Waals surface area contributed by atoms with Crippen LogP contribution in [-0.4, -0.2) is 38.1 Å². The number of hydrogen-bond acceptors (Lipinski definition) is 4. The third kappa shape index (κ3) is 4.78. The van der Waals surface area contributed by atoms with E-state index >= 15 is 0 Å². The molecule has 7 rings (SSSR count). The van der Waals surface area contributed by atoms with Gasteiger partial charge in [-0.15, -0.1) is 10.2 Å². The van der Waals surface area contributed by atoms with E-state index in [9.17, 15) is 0 Å². The number of pyridine rings is 2. The molecule has 3 heterocycles. The van der Waals surface area contributed by atoms with E-state index in [4.69, 9.17) is 4.98 Å². The molecule has 0 radical (unpaired) electrons. The number of hydrogen-bond donors (Lipinski definition) is 0. The molecule has 0 saturated heterocycles. The van der Waals surface area contributed by atoms with Crippen molar-refractivity contribution in [2.75, 3.05) is 13.6 Å². The molecule has 0 spiro atoms. The predicted molar refractivity (Wildman–Crippen MR) is 162 cm³/mol. The smallest absolute Gasteiger partial charge is 0.170 e. The van der Waals surface area contributed by atoms with Gasteiger partial charge in [-0.25, -0.2) is 4.98 Å². The van der Waals surface area contributed by atoms with Crippen molar-refractivity contribution in [1.82, 2.24) is 24.5 Å². The van der Waals surface area contributed by atoms with Crippen molar-refractivity contribution in [3.8, 4) is 22.4 Å². The fourth-order valence-electron chi connectivity index (χ4n) is 5.75. The van der Waals surface area contributed by atoms with Crippen LogP contribution in [0.1, 0.15) is 42.1 Å². The zero-order chi connectivity index (χ0) is 26.9. The lowest BCUT2D eigenvalue weighted by Gasteiger charge is -2.25. The zero-order valence-electron chi connectivity index (χ0n) is 22.9. The summed E-state index contributed by atoms with van der Waals surface area (Å²) >= 11 is 0. The average Bonchev–Trinajstić information content (AvgIpc) is 3.39. The largest absolute Gasteiger partial charge is 0.299 e. The fraction of sp³-hybridized carbons (Fsp3) is 0.229. The summed E-state index contributed by atoms with van der Waals surface area (Å²) in [7, 11) is 2.14. The Bertz CT molecular complexity index is 1750. The van der Waals surface area contributed by atoms with E-state index in [1.807, 2.05) is 0 Å². The molecule has 0 aliphatic heterocycles. The molecule has 0 bridgehead atoms. The number of fused-ring (bicyclic) bond motifs is 3. The van der Waals surface area contributed by atoms with Crippen LogP contribution < -0.4 is 0 Å². The maximum absolute atomic E-state index is 5.22. The molecule has 3 aromatic heterocycles. The molecule has 0 unspecified atom stereocenters. The number of nitrogens with zero attached hydrogens (tertiary/aromatic N) is 5. The number of aromatic nitrogens is 4. The van der Waals surface area contributed by atoms with Crippen LogP contribution in [0, 0.1) is 0 Å². The van der Waals surface area contributed by atoms with Gasteiger partial charge in [0.05, 0.1) is 17.8 Å². The summed E-state index contributed by atoms with van der Waals surface area (Å²) in [6.07, 6.45) is 7.03. The minimum absolute atomic E-state index is 0.722. The summed E-state index contributed by atoms with van der Waals surface area (Å²) in [5, 5.41) is 10.3. The summed E-state index contributed by atoms with van der Waals surface area (Å²) in [5.74, 6) is 1.66. The van der Waals surface area contributed by atoms with Crippen molar-refractivity contribution in [1.29, 1.82) is 0 Å². The van der Waals surface area contributed by atoms with Gasteiger partial charge in [-0.2, -0.15) is 0 Å². The van der Waals surface area contributed by atoms with E-state index in [1.54, 1.807) is 0 Å². The lowest BCUT2D eigenvalue weighted by Crippen LogP contribution is -2.22. The van der Waals surface area contributed by atoms with Crippen molar-refractivity contribution < 1.29 is 0 Å².